The first-order valence-electron chi connectivity index (χ1n) is 5.81. The van der Waals surface area contributed by atoms with Crippen molar-refractivity contribution in [3.05, 3.63) is 23.6 Å². The number of amides is 1. The third-order valence-electron chi connectivity index (χ3n) is 3.10. The normalized spacial score (nSPS) is 18.7. The number of carbonyl (C=O) groups is 1. The van der Waals surface area contributed by atoms with Gasteiger partial charge in [-0.25, -0.2) is 9.37 Å². The van der Waals surface area contributed by atoms with E-state index in [0.717, 1.165) is 24.1 Å². The maximum absolute atomic E-state index is 13.2. The summed E-state index contributed by atoms with van der Waals surface area (Å²) < 4.78 is 13.2. The molecule has 1 atom stereocenters. The number of halogens is 1. The van der Waals surface area contributed by atoms with Crippen molar-refractivity contribution in [1.82, 2.24) is 9.88 Å². The average Bonchev–Trinajstić information content (AvgIpc) is 2.90. The molecule has 1 aromatic rings. The fourth-order valence-corrected chi connectivity index (χ4v) is 3.25. The van der Waals surface area contributed by atoms with E-state index in [1.54, 1.807) is 19.0 Å². The predicted molar refractivity (Wildman–Crippen MR) is 71.6 cm³/mol. The highest BCUT2D eigenvalue weighted by Crippen LogP contribution is 2.24. The molecule has 0 aliphatic carbocycles. The van der Waals surface area contributed by atoms with Crippen LogP contribution in [0.5, 0.6) is 0 Å². The van der Waals surface area contributed by atoms with Gasteiger partial charge in [0.05, 0.1) is 11.8 Å². The molecule has 1 unspecified atom stereocenters. The van der Waals surface area contributed by atoms with E-state index in [4.69, 9.17) is 0 Å². The van der Waals surface area contributed by atoms with Crippen LogP contribution in [-0.2, 0) is 0 Å². The van der Waals surface area contributed by atoms with E-state index in [2.05, 4.69) is 10.3 Å². The summed E-state index contributed by atoms with van der Waals surface area (Å²) in [7, 11) is 3.44. The van der Waals surface area contributed by atoms with Gasteiger partial charge in [0.15, 0.2) is 0 Å². The monoisotopic (exact) mass is 269 g/mol. The Labute approximate surface area is 110 Å². The van der Waals surface area contributed by atoms with Crippen LogP contribution < -0.4 is 5.32 Å². The van der Waals surface area contributed by atoms with Gasteiger partial charge in [0.1, 0.15) is 11.6 Å². The molecule has 1 N–H and O–H groups in total. The largest absolute Gasteiger partial charge is 0.372 e. The highest BCUT2D eigenvalue weighted by molar-refractivity contribution is 7.99. The van der Waals surface area contributed by atoms with Gasteiger partial charge in [-0.1, -0.05) is 0 Å². The van der Waals surface area contributed by atoms with Gasteiger partial charge in [-0.15, -0.1) is 0 Å². The second kappa shape index (κ2) is 5.56. The molecule has 98 valence electrons. The summed E-state index contributed by atoms with van der Waals surface area (Å²) in [5.41, 5.74) is 0.289. The Bertz CT molecular complexity index is 449. The number of nitrogens with zero attached hydrogens (tertiary/aromatic N) is 2. The molecule has 1 fully saturated rings. The topological polar surface area (TPSA) is 45.2 Å². The Morgan fingerprint density at radius 3 is 3.06 bits per heavy atom. The number of thioether (sulfide) groups is 1. The summed E-state index contributed by atoms with van der Waals surface area (Å²) in [6.45, 7) is 0. The highest BCUT2D eigenvalue weighted by Gasteiger charge is 2.26. The Morgan fingerprint density at radius 2 is 2.44 bits per heavy atom. The number of hydrogen-bond donors (Lipinski definition) is 1. The molecule has 1 saturated heterocycles. The van der Waals surface area contributed by atoms with Gasteiger partial charge < -0.3 is 10.2 Å². The number of rotatable bonds is 3. The molecule has 4 nitrogen and oxygen atoms in total. The summed E-state index contributed by atoms with van der Waals surface area (Å²) in [5.74, 6) is 1.76. The van der Waals surface area contributed by atoms with Gasteiger partial charge in [0.2, 0.25) is 0 Å². The minimum atomic E-state index is -0.494. The minimum absolute atomic E-state index is 0.182. The summed E-state index contributed by atoms with van der Waals surface area (Å²) in [6, 6.07) is 1.47. The molecular weight excluding hydrogens is 253 g/mol. The van der Waals surface area contributed by atoms with Crippen molar-refractivity contribution in [2.75, 3.05) is 30.9 Å². The van der Waals surface area contributed by atoms with E-state index in [9.17, 15) is 9.18 Å². The quantitative estimate of drug-likeness (QED) is 0.909. The summed E-state index contributed by atoms with van der Waals surface area (Å²) in [4.78, 5) is 17.9. The molecule has 1 aliphatic heterocycles. The van der Waals surface area contributed by atoms with Crippen molar-refractivity contribution in [1.29, 1.82) is 0 Å². The third-order valence-corrected chi connectivity index (χ3v) is 4.24. The lowest BCUT2D eigenvalue weighted by molar-refractivity contribution is 0.0748. The third kappa shape index (κ3) is 2.58. The first kappa shape index (κ1) is 13.1. The zero-order valence-electron chi connectivity index (χ0n) is 10.4. The second-order valence-corrected chi connectivity index (χ2v) is 5.38. The van der Waals surface area contributed by atoms with Crippen molar-refractivity contribution < 1.29 is 9.18 Å². The Morgan fingerprint density at radius 1 is 1.67 bits per heavy atom. The Balaban J connectivity index is 2.24. The molecule has 1 amide bonds. The summed E-state index contributed by atoms with van der Waals surface area (Å²) in [5, 5.41) is 2.82. The molecule has 1 aliphatic rings. The summed E-state index contributed by atoms with van der Waals surface area (Å²) in [6.07, 6.45) is 2.10. The van der Waals surface area contributed by atoms with Crippen LogP contribution in [0.2, 0.25) is 0 Å². The van der Waals surface area contributed by atoms with E-state index >= 15 is 0 Å². The van der Waals surface area contributed by atoms with Crippen LogP contribution in [0.1, 0.15) is 16.8 Å². The number of aromatic nitrogens is 1. The lowest BCUT2D eigenvalue weighted by Gasteiger charge is -2.24. The highest BCUT2D eigenvalue weighted by atomic mass is 32.2. The van der Waals surface area contributed by atoms with Gasteiger partial charge >= 0.3 is 0 Å². The molecule has 2 rings (SSSR count). The standard InChI is InChI=1S/C12H16FN3OS/c1-14-11-10(5-8(13)6-15-11)12(17)16(2)9-3-4-18-7-9/h5-6,9H,3-4,7H2,1-2H3,(H,14,15). The van der Waals surface area contributed by atoms with Crippen molar-refractivity contribution in [2.24, 2.45) is 0 Å². The van der Waals surface area contributed by atoms with E-state index in [1.807, 2.05) is 11.8 Å². The molecule has 0 bridgehead atoms. The van der Waals surface area contributed by atoms with Crippen LogP contribution in [0.4, 0.5) is 10.2 Å². The van der Waals surface area contributed by atoms with Gasteiger partial charge in [0, 0.05) is 25.9 Å². The van der Waals surface area contributed by atoms with Crippen LogP contribution in [0, 0.1) is 5.82 Å². The van der Waals surface area contributed by atoms with Crippen molar-refractivity contribution in [3.63, 3.8) is 0 Å². The zero-order valence-corrected chi connectivity index (χ0v) is 11.3. The molecule has 6 heteroatoms. The molecule has 2 heterocycles. The lowest BCUT2D eigenvalue weighted by Crippen LogP contribution is -2.37. The number of nitrogens with one attached hydrogen (secondary N) is 1. The fraction of sp³-hybridized carbons (Fsp3) is 0.500. The number of hydrogen-bond acceptors (Lipinski definition) is 4. The van der Waals surface area contributed by atoms with E-state index in [0.29, 0.717) is 5.82 Å². The first-order chi connectivity index (χ1) is 8.63. The van der Waals surface area contributed by atoms with E-state index in [1.165, 1.54) is 6.07 Å². The molecule has 0 saturated carbocycles. The first-order valence-corrected chi connectivity index (χ1v) is 6.97. The van der Waals surface area contributed by atoms with Crippen LogP contribution in [0.3, 0.4) is 0 Å². The van der Waals surface area contributed by atoms with Crippen molar-refractivity contribution in [3.8, 4) is 0 Å². The Hall–Kier alpha value is -1.30. The second-order valence-electron chi connectivity index (χ2n) is 4.23. The van der Waals surface area contributed by atoms with Crippen LogP contribution in [0.15, 0.2) is 12.3 Å². The average molecular weight is 269 g/mol. The van der Waals surface area contributed by atoms with Gasteiger partial charge in [0.25, 0.3) is 5.91 Å². The predicted octanol–water partition coefficient (Wildman–Crippen LogP) is 1.84. The maximum atomic E-state index is 13.2. The van der Waals surface area contributed by atoms with Gasteiger partial charge in [-0.05, 0) is 18.2 Å². The van der Waals surface area contributed by atoms with Crippen molar-refractivity contribution in [2.45, 2.75) is 12.5 Å². The Kier molecular flexibility index (Phi) is 4.06. The number of anilines is 1. The molecular formula is C12H16FN3OS. The molecule has 18 heavy (non-hydrogen) atoms. The van der Waals surface area contributed by atoms with Crippen LogP contribution in [0.25, 0.3) is 0 Å². The molecule has 1 aromatic heterocycles. The van der Waals surface area contributed by atoms with Crippen LogP contribution in [-0.4, -0.2) is 47.4 Å². The summed E-state index contributed by atoms with van der Waals surface area (Å²) >= 11 is 1.84. The van der Waals surface area contributed by atoms with Gasteiger partial charge in [-0.2, -0.15) is 11.8 Å². The minimum Gasteiger partial charge on any atom is -0.372 e. The lowest BCUT2D eigenvalue weighted by atomic mass is 10.1. The van der Waals surface area contributed by atoms with Gasteiger partial charge in [-0.3, -0.25) is 4.79 Å². The zero-order chi connectivity index (χ0) is 13.1. The molecule has 0 radical (unpaired) electrons. The van der Waals surface area contributed by atoms with E-state index < -0.39 is 5.82 Å². The van der Waals surface area contributed by atoms with Crippen LogP contribution >= 0.6 is 11.8 Å². The molecule has 0 spiro atoms. The van der Waals surface area contributed by atoms with Crippen molar-refractivity contribution >= 4 is 23.5 Å². The fourth-order valence-electron chi connectivity index (χ4n) is 1.98. The number of carbonyl (C=O) groups excluding carboxylic acids is 1. The van der Waals surface area contributed by atoms with E-state index in [-0.39, 0.29) is 17.5 Å². The number of pyridine rings is 1. The molecule has 0 aromatic carbocycles. The SMILES string of the molecule is CNc1ncc(F)cc1C(=O)N(C)C1CCSC1. The maximum Gasteiger partial charge on any atom is 0.257 e. The smallest absolute Gasteiger partial charge is 0.257 e.